The van der Waals surface area contributed by atoms with E-state index in [1.165, 1.54) is 0 Å². The molecule has 0 spiro atoms. The van der Waals surface area contributed by atoms with Crippen LogP contribution in [0, 0.1) is 0 Å². The standard InChI is InChI=1S/C22H20N4O2/c1-26-19-7-3-2-6-17(19)22(28)25-18-13-16(8-9-20(18)26)21(27)24-12-10-15-5-4-11-23-14-15/h2-9,11,13-14H,10,12H2,1H3,(H,24,27)(H,25,28). The molecule has 4 rings (SSSR count). The number of benzene rings is 2. The van der Waals surface area contributed by atoms with Gasteiger partial charge in [-0.15, -0.1) is 0 Å². The van der Waals surface area contributed by atoms with E-state index in [2.05, 4.69) is 15.6 Å². The van der Waals surface area contributed by atoms with E-state index >= 15 is 0 Å². The first-order valence-corrected chi connectivity index (χ1v) is 9.09. The maximum absolute atomic E-state index is 12.6. The molecule has 0 unspecified atom stereocenters. The van der Waals surface area contributed by atoms with Crippen LogP contribution in [0.5, 0.6) is 0 Å². The number of pyridine rings is 1. The molecule has 1 aliphatic rings. The van der Waals surface area contributed by atoms with Crippen molar-refractivity contribution in [1.29, 1.82) is 0 Å². The van der Waals surface area contributed by atoms with Gasteiger partial charge >= 0.3 is 0 Å². The molecule has 0 saturated heterocycles. The number of aromatic nitrogens is 1. The van der Waals surface area contributed by atoms with Crippen molar-refractivity contribution in [2.24, 2.45) is 0 Å². The highest BCUT2D eigenvalue weighted by Crippen LogP contribution is 2.36. The van der Waals surface area contributed by atoms with Crippen LogP contribution in [-0.4, -0.2) is 30.4 Å². The summed E-state index contributed by atoms with van der Waals surface area (Å²) in [7, 11) is 1.91. The Labute approximate surface area is 163 Å². The average molecular weight is 372 g/mol. The smallest absolute Gasteiger partial charge is 0.257 e. The highest BCUT2D eigenvalue weighted by atomic mass is 16.2. The Morgan fingerprint density at radius 1 is 1.11 bits per heavy atom. The van der Waals surface area contributed by atoms with Gasteiger partial charge in [-0.05, 0) is 48.4 Å². The topological polar surface area (TPSA) is 74.3 Å². The average Bonchev–Trinajstić information content (AvgIpc) is 2.83. The zero-order chi connectivity index (χ0) is 19.5. The number of anilines is 3. The quantitative estimate of drug-likeness (QED) is 0.736. The lowest BCUT2D eigenvalue weighted by Gasteiger charge is -2.21. The summed E-state index contributed by atoms with van der Waals surface area (Å²) in [5, 5.41) is 5.83. The zero-order valence-electron chi connectivity index (χ0n) is 15.5. The number of amides is 2. The van der Waals surface area contributed by atoms with E-state index in [1.807, 2.05) is 48.3 Å². The number of nitrogens with one attached hydrogen (secondary N) is 2. The van der Waals surface area contributed by atoms with Gasteiger partial charge in [0.1, 0.15) is 0 Å². The number of para-hydroxylation sites is 1. The molecule has 28 heavy (non-hydrogen) atoms. The molecule has 3 aromatic rings. The van der Waals surface area contributed by atoms with Gasteiger partial charge in [-0.25, -0.2) is 0 Å². The molecule has 140 valence electrons. The fourth-order valence-corrected chi connectivity index (χ4v) is 3.32. The lowest BCUT2D eigenvalue weighted by molar-refractivity contribution is 0.0952. The summed E-state index contributed by atoms with van der Waals surface area (Å²) < 4.78 is 0. The minimum atomic E-state index is -0.185. The van der Waals surface area contributed by atoms with Gasteiger partial charge in [0.05, 0.1) is 22.6 Å². The minimum Gasteiger partial charge on any atom is -0.352 e. The van der Waals surface area contributed by atoms with E-state index in [1.54, 1.807) is 30.6 Å². The second kappa shape index (κ2) is 7.52. The Balaban J connectivity index is 1.52. The van der Waals surface area contributed by atoms with Crippen molar-refractivity contribution in [3.8, 4) is 0 Å². The van der Waals surface area contributed by atoms with Crippen molar-refractivity contribution in [1.82, 2.24) is 10.3 Å². The third-order valence-corrected chi connectivity index (χ3v) is 4.80. The molecule has 0 fully saturated rings. The molecular weight excluding hydrogens is 352 g/mol. The zero-order valence-corrected chi connectivity index (χ0v) is 15.5. The highest BCUT2D eigenvalue weighted by Gasteiger charge is 2.23. The van der Waals surface area contributed by atoms with Crippen molar-refractivity contribution in [3.05, 3.63) is 83.7 Å². The van der Waals surface area contributed by atoms with Gasteiger partial charge in [0.25, 0.3) is 11.8 Å². The van der Waals surface area contributed by atoms with Crippen molar-refractivity contribution in [2.45, 2.75) is 6.42 Å². The van der Waals surface area contributed by atoms with Gasteiger partial charge in [-0.1, -0.05) is 18.2 Å². The molecule has 1 aromatic heterocycles. The predicted molar refractivity (Wildman–Crippen MR) is 109 cm³/mol. The molecule has 0 radical (unpaired) electrons. The van der Waals surface area contributed by atoms with Crippen molar-refractivity contribution in [3.63, 3.8) is 0 Å². The summed E-state index contributed by atoms with van der Waals surface area (Å²) in [6.45, 7) is 0.513. The molecular formula is C22H20N4O2. The summed E-state index contributed by atoms with van der Waals surface area (Å²) in [5.41, 5.74) is 4.45. The maximum Gasteiger partial charge on any atom is 0.257 e. The molecule has 2 N–H and O–H groups in total. The van der Waals surface area contributed by atoms with Crippen LogP contribution in [0.1, 0.15) is 26.3 Å². The predicted octanol–water partition coefficient (Wildman–Crippen LogP) is 3.39. The van der Waals surface area contributed by atoms with Gasteiger partial charge < -0.3 is 15.5 Å². The minimum absolute atomic E-state index is 0.176. The van der Waals surface area contributed by atoms with E-state index < -0.39 is 0 Å². The first-order valence-electron chi connectivity index (χ1n) is 9.09. The Hall–Kier alpha value is -3.67. The Bertz CT molecular complexity index is 1030. The first-order chi connectivity index (χ1) is 13.6. The van der Waals surface area contributed by atoms with Gasteiger partial charge in [0.15, 0.2) is 0 Å². The third-order valence-electron chi connectivity index (χ3n) is 4.80. The van der Waals surface area contributed by atoms with Crippen molar-refractivity contribution < 1.29 is 9.59 Å². The van der Waals surface area contributed by atoms with Crippen LogP contribution in [0.3, 0.4) is 0 Å². The number of nitrogens with zero attached hydrogens (tertiary/aromatic N) is 2. The molecule has 0 atom stereocenters. The summed E-state index contributed by atoms with van der Waals surface area (Å²) in [4.78, 5) is 31.1. The van der Waals surface area contributed by atoms with Gasteiger partial charge in [-0.2, -0.15) is 0 Å². The fraction of sp³-hybridized carbons (Fsp3) is 0.136. The normalized spacial score (nSPS) is 12.5. The number of carbonyl (C=O) groups is 2. The van der Waals surface area contributed by atoms with Crippen LogP contribution < -0.4 is 15.5 Å². The first kappa shape index (κ1) is 17.7. The van der Waals surface area contributed by atoms with Crippen LogP contribution in [0.4, 0.5) is 17.1 Å². The number of fused-ring (bicyclic) bond motifs is 2. The Kier molecular flexibility index (Phi) is 4.76. The molecule has 2 heterocycles. The summed E-state index contributed by atoms with van der Waals surface area (Å²) in [5.74, 6) is -0.360. The lowest BCUT2D eigenvalue weighted by Crippen LogP contribution is -2.26. The molecule has 6 nitrogen and oxygen atoms in total. The summed E-state index contributed by atoms with van der Waals surface area (Å²) >= 11 is 0. The third kappa shape index (κ3) is 3.44. The van der Waals surface area contributed by atoms with Crippen LogP contribution in [0.2, 0.25) is 0 Å². The molecule has 2 aromatic carbocycles. The lowest BCUT2D eigenvalue weighted by atomic mass is 10.1. The van der Waals surface area contributed by atoms with E-state index in [9.17, 15) is 9.59 Å². The summed E-state index contributed by atoms with van der Waals surface area (Å²) in [6, 6.07) is 16.6. The van der Waals surface area contributed by atoms with Crippen molar-refractivity contribution >= 4 is 28.9 Å². The molecule has 0 aliphatic carbocycles. The monoisotopic (exact) mass is 372 g/mol. The second-order valence-electron chi connectivity index (χ2n) is 6.63. The largest absolute Gasteiger partial charge is 0.352 e. The Morgan fingerprint density at radius 2 is 1.96 bits per heavy atom. The highest BCUT2D eigenvalue weighted by molar-refractivity contribution is 6.13. The maximum atomic E-state index is 12.6. The number of hydrogen-bond acceptors (Lipinski definition) is 4. The number of hydrogen-bond donors (Lipinski definition) is 2. The molecule has 0 bridgehead atoms. The Morgan fingerprint density at radius 3 is 2.79 bits per heavy atom. The van der Waals surface area contributed by atoms with Gasteiger partial charge in [-0.3, -0.25) is 14.6 Å². The van der Waals surface area contributed by atoms with Gasteiger partial charge in [0, 0.05) is 31.5 Å². The number of carbonyl (C=O) groups excluding carboxylic acids is 2. The van der Waals surface area contributed by atoms with Crippen LogP contribution in [0.25, 0.3) is 0 Å². The van der Waals surface area contributed by atoms with Crippen LogP contribution >= 0.6 is 0 Å². The van der Waals surface area contributed by atoms with E-state index in [-0.39, 0.29) is 11.8 Å². The molecule has 0 saturated carbocycles. The molecule has 6 heteroatoms. The van der Waals surface area contributed by atoms with E-state index in [4.69, 9.17) is 0 Å². The second-order valence-corrected chi connectivity index (χ2v) is 6.63. The molecule has 1 aliphatic heterocycles. The SMILES string of the molecule is CN1c2ccc(C(=O)NCCc3cccnc3)cc2NC(=O)c2ccccc21. The number of rotatable bonds is 4. The fourth-order valence-electron chi connectivity index (χ4n) is 3.32. The summed E-state index contributed by atoms with van der Waals surface area (Å²) in [6.07, 6.45) is 4.22. The van der Waals surface area contributed by atoms with E-state index in [0.717, 1.165) is 16.9 Å². The van der Waals surface area contributed by atoms with Crippen LogP contribution in [0.15, 0.2) is 67.0 Å². The van der Waals surface area contributed by atoms with Crippen LogP contribution in [-0.2, 0) is 6.42 Å². The van der Waals surface area contributed by atoms with Gasteiger partial charge in [0.2, 0.25) is 0 Å². The molecule has 2 amide bonds. The van der Waals surface area contributed by atoms with Crippen molar-refractivity contribution in [2.75, 3.05) is 23.8 Å². The van der Waals surface area contributed by atoms with E-state index in [0.29, 0.717) is 29.8 Å².